The molecule has 1 aliphatic rings. The van der Waals surface area contributed by atoms with Crippen LogP contribution < -0.4 is 45.2 Å². The lowest BCUT2D eigenvalue weighted by Crippen LogP contribution is -3.61. The van der Waals surface area contributed by atoms with Crippen molar-refractivity contribution in [2.24, 2.45) is 0 Å². The van der Waals surface area contributed by atoms with Crippen LogP contribution in [0.15, 0.2) is 42.5 Å². The van der Waals surface area contributed by atoms with Gasteiger partial charge in [-0.25, -0.2) is 0 Å². The quantitative estimate of drug-likeness (QED) is 0.338. The molecule has 0 bridgehead atoms. The number of rotatable bonds is 0. The van der Waals surface area contributed by atoms with Gasteiger partial charge in [0.25, 0.3) is 0 Å². The number of hydrogen-bond acceptors (Lipinski definition) is 0. The number of benzene rings is 2. The maximum atomic E-state index is 6.19. The van der Waals surface area contributed by atoms with Crippen LogP contribution in [0.25, 0.3) is 11.1 Å². The molecule has 15 heavy (non-hydrogen) atoms. The summed E-state index contributed by atoms with van der Waals surface area (Å²) >= 11 is 6.14. The van der Waals surface area contributed by atoms with Crippen LogP contribution in [-0.4, -0.2) is 0 Å². The molecule has 0 N–H and O–H groups in total. The van der Waals surface area contributed by atoms with Gasteiger partial charge in [0, 0.05) is 11.1 Å². The van der Waals surface area contributed by atoms with Gasteiger partial charge >= 0.3 is 21.2 Å². The Balaban J connectivity index is 0.000000853. The third kappa shape index (κ3) is 1.91. The molecule has 2 aromatic rings. The Kier molecular flexibility index (Phi) is 3.57. The van der Waals surface area contributed by atoms with Gasteiger partial charge in [-0.3, -0.25) is 0 Å². The van der Waals surface area contributed by atoms with E-state index < -0.39 is 0 Å². The van der Waals surface area contributed by atoms with Gasteiger partial charge in [-0.2, -0.15) is 0 Å². The van der Waals surface area contributed by atoms with Gasteiger partial charge in [-0.05, 0) is 24.3 Å². The van der Waals surface area contributed by atoms with Gasteiger partial charge in [-0.15, -0.1) is 0 Å². The lowest BCUT2D eigenvalue weighted by atomic mass is 10.1. The van der Waals surface area contributed by atoms with Crippen LogP contribution in [0.3, 0.4) is 0 Å². The lowest BCUT2D eigenvalue weighted by molar-refractivity contribution is -0.589. The average molecular weight is 440 g/mol. The first-order chi connectivity index (χ1) is 6.86. The molecule has 0 nitrogen and oxygen atoms in total. The molecule has 3 heteroatoms. The fourth-order valence-corrected chi connectivity index (χ4v) is 5.01. The van der Waals surface area contributed by atoms with E-state index in [1.165, 1.54) is 18.3 Å². The summed E-state index contributed by atoms with van der Waals surface area (Å²) < 4.78 is 2.88. The van der Waals surface area contributed by atoms with Gasteiger partial charge in [0.05, 0.1) is 5.02 Å². The zero-order chi connectivity index (χ0) is 9.54. The largest absolute Gasteiger partial charge is 1.00 e. The minimum absolute atomic E-state index is 0. The molecule has 0 saturated carbocycles. The predicted octanol–water partition coefficient (Wildman–Crippen LogP) is -2.55. The van der Waals surface area contributed by atoms with Crippen molar-refractivity contribution < 1.29 is 45.2 Å². The minimum Gasteiger partial charge on any atom is -1.00 e. The Morgan fingerprint density at radius 1 is 0.867 bits per heavy atom. The summed E-state index contributed by atoms with van der Waals surface area (Å²) in [5.74, 6) is 0. The van der Waals surface area contributed by atoms with Crippen molar-refractivity contribution in [3.8, 4) is 11.1 Å². The van der Waals surface area contributed by atoms with E-state index in [1.807, 2.05) is 12.1 Å². The fraction of sp³-hybridized carbons (Fsp3) is 0. The summed E-state index contributed by atoms with van der Waals surface area (Å²) in [4.78, 5) is 0. The second-order valence-corrected chi connectivity index (χ2v) is 6.36. The third-order valence-electron chi connectivity index (χ3n) is 2.31. The van der Waals surface area contributed by atoms with Gasteiger partial charge in [0.1, 0.15) is 0 Å². The van der Waals surface area contributed by atoms with Crippen LogP contribution in [0.4, 0.5) is 0 Å². The topological polar surface area (TPSA) is 0 Å². The first kappa shape index (κ1) is 11.7. The van der Waals surface area contributed by atoms with E-state index >= 15 is 0 Å². The number of halogens is 3. The van der Waals surface area contributed by atoms with E-state index in [0.717, 1.165) is 5.02 Å². The molecule has 0 fully saturated rings. The molecule has 0 spiro atoms. The van der Waals surface area contributed by atoms with E-state index in [-0.39, 0.29) is 45.2 Å². The molecule has 0 saturated heterocycles. The van der Waals surface area contributed by atoms with E-state index in [9.17, 15) is 0 Å². The molecule has 76 valence electrons. The highest BCUT2D eigenvalue weighted by Gasteiger charge is 2.34. The fourth-order valence-electron chi connectivity index (χ4n) is 1.67. The summed E-state index contributed by atoms with van der Waals surface area (Å²) in [5.41, 5.74) is 2.73. The van der Waals surface area contributed by atoms with Gasteiger partial charge in [-0.1, -0.05) is 29.8 Å². The van der Waals surface area contributed by atoms with Gasteiger partial charge in [0.15, 0.2) is 0 Å². The summed E-state index contributed by atoms with van der Waals surface area (Å²) in [7, 11) is 0. The third-order valence-corrected chi connectivity index (χ3v) is 6.17. The van der Waals surface area contributed by atoms with Crippen LogP contribution in [0.1, 0.15) is 0 Å². The van der Waals surface area contributed by atoms with Gasteiger partial charge in [0.2, 0.25) is 7.14 Å². The Morgan fingerprint density at radius 2 is 1.60 bits per heavy atom. The number of hydrogen-bond donors (Lipinski definition) is 0. The molecule has 1 heterocycles. The molecule has 0 unspecified atom stereocenters. The Hall–Kier alpha value is 0.190. The second kappa shape index (κ2) is 4.59. The average Bonchev–Trinajstić information content (AvgIpc) is 2.59. The Morgan fingerprint density at radius 3 is 2.47 bits per heavy atom. The number of fused-ring (bicyclic) bond motifs is 3. The van der Waals surface area contributed by atoms with Gasteiger partial charge < -0.3 is 24.0 Å². The van der Waals surface area contributed by atoms with Crippen molar-refractivity contribution >= 4 is 11.6 Å². The molecule has 0 aromatic heterocycles. The summed E-state index contributed by atoms with van der Waals surface area (Å²) in [6.45, 7) is 0. The normalized spacial score (nSPS) is 11.5. The van der Waals surface area contributed by atoms with Crippen LogP contribution in [-0.2, 0) is 0 Å². The van der Waals surface area contributed by atoms with Crippen molar-refractivity contribution in [3.05, 3.63) is 54.6 Å². The summed E-state index contributed by atoms with van der Waals surface area (Å²) in [6, 6.07) is 14.8. The first-order valence-corrected chi connectivity index (χ1v) is 6.92. The van der Waals surface area contributed by atoms with E-state index in [1.54, 1.807) is 0 Å². The SMILES string of the molecule is Clc1cccc2c1[I+]c1ccccc1-2.[I-]. The second-order valence-electron chi connectivity index (χ2n) is 3.18. The van der Waals surface area contributed by atoms with E-state index in [4.69, 9.17) is 11.6 Å². The smallest absolute Gasteiger partial charge is 0.360 e. The van der Waals surface area contributed by atoms with Crippen LogP contribution in [0.5, 0.6) is 0 Å². The standard InChI is InChI=1S/C12H7ClI.HI/c13-10-6-3-5-9-8-4-1-2-7-11(8)14-12(9)10;/h1-7H;1H/q+1;/p-1. The summed E-state index contributed by atoms with van der Waals surface area (Å²) in [5, 5.41) is 0.937. The molecule has 0 atom stereocenters. The lowest BCUT2D eigenvalue weighted by Gasteiger charge is -1.93. The zero-order valence-electron chi connectivity index (χ0n) is 7.68. The zero-order valence-corrected chi connectivity index (χ0v) is 12.7. The Labute approximate surface area is 121 Å². The van der Waals surface area contributed by atoms with Crippen molar-refractivity contribution in [1.82, 2.24) is 0 Å². The highest BCUT2D eigenvalue weighted by Crippen LogP contribution is 2.25. The minimum atomic E-state index is -0.0509. The molecule has 1 aliphatic heterocycles. The molecular weight excluding hydrogens is 433 g/mol. The van der Waals surface area contributed by atoms with Crippen LogP contribution in [0, 0.1) is 7.14 Å². The molecule has 3 rings (SSSR count). The molecule has 2 aromatic carbocycles. The molecule has 0 radical (unpaired) electrons. The maximum Gasteiger partial charge on any atom is 0.360 e. The first-order valence-electron chi connectivity index (χ1n) is 4.39. The van der Waals surface area contributed by atoms with Crippen molar-refractivity contribution in [1.29, 1.82) is 0 Å². The van der Waals surface area contributed by atoms with Crippen molar-refractivity contribution in [2.75, 3.05) is 0 Å². The van der Waals surface area contributed by atoms with Crippen molar-refractivity contribution in [2.45, 2.75) is 0 Å². The highest BCUT2D eigenvalue weighted by atomic mass is 127. The van der Waals surface area contributed by atoms with Crippen LogP contribution >= 0.6 is 11.6 Å². The monoisotopic (exact) mass is 440 g/mol. The highest BCUT2D eigenvalue weighted by molar-refractivity contribution is 6.30. The molecule has 0 amide bonds. The molecule has 0 aliphatic carbocycles. The van der Waals surface area contributed by atoms with Crippen LogP contribution in [0.2, 0.25) is 5.02 Å². The maximum absolute atomic E-state index is 6.19. The van der Waals surface area contributed by atoms with E-state index in [0.29, 0.717) is 0 Å². The molecular formula is C12H7ClI2. The van der Waals surface area contributed by atoms with Crippen molar-refractivity contribution in [3.63, 3.8) is 0 Å². The predicted molar refractivity (Wildman–Crippen MR) is 54.3 cm³/mol. The summed E-state index contributed by atoms with van der Waals surface area (Å²) in [6.07, 6.45) is 0. The Bertz CT molecular complexity index is 509. The van der Waals surface area contributed by atoms with E-state index in [2.05, 4.69) is 30.3 Å².